The Kier molecular flexibility index (Phi) is 7.35. The van der Waals surface area contributed by atoms with E-state index >= 15 is 0 Å². The lowest BCUT2D eigenvalue weighted by Gasteiger charge is -2.34. The highest BCUT2D eigenvalue weighted by Gasteiger charge is 2.29. The van der Waals surface area contributed by atoms with E-state index in [-0.39, 0.29) is 17.7 Å². The minimum atomic E-state index is 0.150. The van der Waals surface area contributed by atoms with E-state index in [0.717, 1.165) is 51.3 Å². The van der Waals surface area contributed by atoms with Crippen molar-refractivity contribution in [3.63, 3.8) is 0 Å². The lowest BCUT2D eigenvalue weighted by molar-refractivity contribution is -0.133. The number of piperazine rings is 1. The van der Waals surface area contributed by atoms with Crippen LogP contribution in [0.15, 0.2) is 24.3 Å². The molecular weight excluding hydrogens is 366 g/mol. The molecule has 0 aromatic heterocycles. The Morgan fingerprint density at radius 3 is 2.48 bits per heavy atom. The first-order chi connectivity index (χ1) is 13.1. The van der Waals surface area contributed by atoms with Gasteiger partial charge in [0.2, 0.25) is 11.8 Å². The van der Waals surface area contributed by atoms with Crippen LogP contribution in [0.5, 0.6) is 5.75 Å². The van der Waals surface area contributed by atoms with E-state index in [0.29, 0.717) is 31.0 Å². The highest BCUT2D eigenvalue weighted by Crippen LogP contribution is 2.28. The maximum atomic E-state index is 12.3. The Morgan fingerprint density at radius 1 is 1.11 bits per heavy atom. The lowest BCUT2D eigenvalue weighted by atomic mass is 10.2. The molecule has 1 saturated heterocycles. The van der Waals surface area contributed by atoms with E-state index in [1.807, 2.05) is 29.2 Å². The number of hydrogen-bond acceptors (Lipinski definition) is 4. The fourth-order valence-corrected chi connectivity index (χ4v) is 3.27. The van der Waals surface area contributed by atoms with Gasteiger partial charge in [-0.2, -0.15) is 0 Å². The van der Waals surface area contributed by atoms with Crippen LogP contribution in [0.4, 0.5) is 0 Å². The van der Waals surface area contributed by atoms with E-state index in [2.05, 4.69) is 10.2 Å². The second kappa shape index (κ2) is 9.95. The molecule has 1 aliphatic carbocycles. The zero-order valence-electron chi connectivity index (χ0n) is 15.7. The quantitative estimate of drug-likeness (QED) is 0.653. The van der Waals surface area contributed by atoms with Gasteiger partial charge in [-0.3, -0.25) is 14.5 Å². The van der Waals surface area contributed by atoms with Gasteiger partial charge >= 0.3 is 0 Å². The molecule has 1 aromatic rings. The maximum absolute atomic E-state index is 12.3. The van der Waals surface area contributed by atoms with Crippen molar-refractivity contribution in [3.05, 3.63) is 29.3 Å². The predicted molar refractivity (Wildman–Crippen MR) is 105 cm³/mol. The van der Waals surface area contributed by atoms with Crippen LogP contribution in [0.1, 0.15) is 25.7 Å². The Bertz CT molecular complexity index is 626. The third kappa shape index (κ3) is 6.70. The third-order valence-electron chi connectivity index (χ3n) is 5.03. The monoisotopic (exact) mass is 393 g/mol. The third-order valence-corrected chi connectivity index (χ3v) is 5.28. The summed E-state index contributed by atoms with van der Waals surface area (Å²) in [6, 6.07) is 7.37. The van der Waals surface area contributed by atoms with E-state index in [1.165, 1.54) is 0 Å². The number of halogens is 1. The molecule has 1 N–H and O–H groups in total. The summed E-state index contributed by atoms with van der Waals surface area (Å²) in [6.07, 6.45) is 3.25. The van der Waals surface area contributed by atoms with Crippen LogP contribution < -0.4 is 10.1 Å². The predicted octanol–water partition coefficient (Wildman–Crippen LogP) is 2.17. The van der Waals surface area contributed by atoms with Gasteiger partial charge in [0, 0.05) is 56.6 Å². The van der Waals surface area contributed by atoms with Crippen LogP contribution in [-0.2, 0) is 9.59 Å². The zero-order chi connectivity index (χ0) is 19.1. The molecule has 1 aromatic carbocycles. The van der Waals surface area contributed by atoms with Gasteiger partial charge in [-0.15, -0.1) is 0 Å². The van der Waals surface area contributed by atoms with Crippen LogP contribution >= 0.6 is 11.6 Å². The molecule has 0 atom stereocenters. The van der Waals surface area contributed by atoms with Crippen molar-refractivity contribution < 1.29 is 14.3 Å². The van der Waals surface area contributed by atoms with Crippen molar-refractivity contribution in [1.82, 2.24) is 15.1 Å². The summed E-state index contributed by atoms with van der Waals surface area (Å²) >= 11 is 5.86. The number of rotatable bonds is 9. The lowest BCUT2D eigenvalue weighted by Crippen LogP contribution is -2.49. The molecule has 0 unspecified atom stereocenters. The highest BCUT2D eigenvalue weighted by atomic mass is 35.5. The average molecular weight is 394 g/mol. The highest BCUT2D eigenvalue weighted by molar-refractivity contribution is 6.30. The van der Waals surface area contributed by atoms with Crippen LogP contribution in [-0.4, -0.2) is 67.5 Å². The van der Waals surface area contributed by atoms with E-state index in [1.54, 1.807) is 0 Å². The molecule has 6 nitrogen and oxygen atoms in total. The van der Waals surface area contributed by atoms with Gasteiger partial charge in [0.05, 0.1) is 0 Å². The van der Waals surface area contributed by atoms with Gasteiger partial charge in [-0.1, -0.05) is 11.6 Å². The number of amides is 2. The zero-order valence-corrected chi connectivity index (χ0v) is 16.4. The minimum absolute atomic E-state index is 0.150. The van der Waals surface area contributed by atoms with Gasteiger partial charge < -0.3 is 15.0 Å². The molecule has 2 fully saturated rings. The second-order valence-corrected chi connectivity index (χ2v) is 7.63. The fourth-order valence-electron chi connectivity index (χ4n) is 3.14. The first-order valence-electron chi connectivity index (χ1n) is 9.78. The number of ether oxygens (including phenoxy) is 1. The Labute approximate surface area is 165 Å². The van der Waals surface area contributed by atoms with Crippen molar-refractivity contribution >= 4 is 23.4 Å². The van der Waals surface area contributed by atoms with Crippen molar-refractivity contribution in [2.75, 3.05) is 45.9 Å². The largest absolute Gasteiger partial charge is 0.492 e. The number of nitrogens with zero attached hydrogens (tertiary/aromatic N) is 2. The molecule has 0 bridgehead atoms. The van der Waals surface area contributed by atoms with Gasteiger partial charge in [-0.25, -0.2) is 0 Å². The summed E-state index contributed by atoms with van der Waals surface area (Å²) < 4.78 is 5.73. The van der Waals surface area contributed by atoms with Gasteiger partial charge in [0.1, 0.15) is 12.4 Å². The van der Waals surface area contributed by atoms with Gasteiger partial charge in [0.15, 0.2) is 0 Å². The summed E-state index contributed by atoms with van der Waals surface area (Å²) in [6.45, 7) is 5.32. The molecule has 1 aliphatic heterocycles. The van der Waals surface area contributed by atoms with Crippen LogP contribution in [0.25, 0.3) is 0 Å². The number of carbonyl (C=O) groups is 2. The molecule has 0 spiro atoms. The minimum Gasteiger partial charge on any atom is -0.492 e. The molecule has 3 rings (SSSR count). The summed E-state index contributed by atoms with van der Waals surface area (Å²) in [4.78, 5) is 28.1. The van der Waals surface area contributed by atoms with Crippen molar-refractivity contribution in [2.45, 2.75) is 25.7 Å². The summed E-state index contributed by atoms with van der Waals surface area (Å²) in [5, 5.41) is 3.61. The SMILES string of the molecule is O=C(NCCCC(=O)N1CCN(CCOc2ccc(Cl)cc2)CC1)C1CC1. The molecule has 1 saturated carbocycles. The number of nitrogens with one attached hydrogen (secondary N) is 1. The summed E-state index contributed by atoms with van der Waals surface area (Å²) in [7, 11) is 0. The van der Waals surface area contributed by atoms with Crippen molar-refractivity contribution in [3.8, 4) is 5.75 Å². The molecule has 7 heteroatoms. The summed E-state index contributed by atoms with van der Waals surface area (Å²) in [5.74, 6) is 1.39. The molecule has 148 valence electrons. The second-order valence-electron chi connectivity index (χ2n) is 7.19. The Hall–Kier alpha value is -1.79. The number of benzene rings is 1. The number of hydrogen-bond donors (Lipinski definition) is 1. The maximum Gasteiger partial charge on any atom is 0.223 e. The first kappa shape index (κ1) is 20.0. The first-order valence-corrected chi connectivity index (χ1v) is 10.2. The van der Waals surface area contributed by atoms with Crippen molar-refractivity contribution in [1.29, 1.82) is 0 Å². The molecule has 2 amide bonds. The fraction of sp³-hybridized carbons (Fsp3) is 0.600. The van der Waals surface area contributed by atoms with Crippen LogP contribution in [0.3, 0.4) is 0 Å². The van der Waals surface area contributed by atoms with E-state index < -0.39 is 0 Å². The van der Waals surface area contributed by atoms with E-state index in [4.69, 9.17) is 16.3 Å². The standard InChI is InChI=1S/C20H28ClN3O3/c21-17-5-7-18(8-6-17)27-15-14-23-10-12-24(13-11-23)19(25)2-1-9-22-20(26)16-3-4-16/h5-8,16H,1-4,9-15H2,(H,22,26). The van der Waals surface area contributed by atoms with Gasteiger partial charge in [-0.05, 0) is 43.5 Å². The van der Waals surface area contributed by atoms with Gasteiger partial charge in [0.25, 0.3) is 0 Å². The Balaban J connectivity index is 1.25. The average Bonchev–Trinajstić information content (AvgIpc) is 3.52. The van der Waals surface area contributed by atoms with Crippen LogP contribution in [0, 0.1) is 5.92 Å². The molecule has 2 aliphatic rings. The van der Waals surface area contributed by atoms with Crippen LogP contribution in [0.2, 0.25) is 5.02 Å². The summed E-state index contributed by atoms with van der Waals surface area (Å²) in [5.41, 5.74) is 0. The Morgan fingerprint density at radius 2 is 1.81 bits per heavy atom. The van der Waals surface area contributed by atoms with Crippen molar-refractivity contribution in [2.24, 2.45) is 5.92 Å². The molecular formula is C20H28ClN3O3. The normalized spacial score (nSPS) is 17.6. The molecule has 0 radical (unpaired) electrons. The smallest absolute Gasteiger partial charge is 0.223 e. The van der Waals surface area contributed by atoms with E-state index in [9.17, 15) is 9.59 Å². The number of carbonyl (C=O) groups excluding carboxylic acids is 2. The molecule has 27 heavy (non-hydrogen) atoms. The topological polar surface area (TPSA) is 61.9 Å². The molecule has 1 heterocycles.